The fourth-order valence-electron chi connectivity index (χ4n) is 3.60. The van der Waals surface area contributed by atoms with Gasteiger partial charge in [0.05, 0.1) is 6.54 Å². The molecule has 0 bridgehead atoms. The number of rotatable bonds is 4. The molecule has 2 saturated heterocycles. The van der Waals surface area contributed by atoms with Crippen LogP contribution in [-0.2, 0) is 4.79 Å². The summed E-state index contributed by atoms with van der Waals surface area (Å²) in [5.41, 5.74) is 1.05. The molecule has 2 aliphatic heterocycles. The number of para-hydroxylation sites is 1. The van der Waals surface area contributed by atoms with Crippen molar-refractivity contribution in [3.63, 3.8) is 0 Å². The van der Waals surface area contributed by atoms with Crippen molar-refractivity contribution in [3.05, 3.63) is 30.3 Å². The van der Waals surface area contributed by atoms with Gasteiger partial charge in [-0.15, -0.1) is 0 Å². The predicted octanol–water partition coefficient (Wildman–Crippen LogP) is 2.26. The summed E-state index contributed by atoms with van der Waals surface area (Å²) in [4.78, 5) is 17.4. The average Bonchev–Trinajstić information content (AvgIpc) is 2.58. The minimum Gasteiger partial charge on any atom is -0.317 e. The van der Waals surface area contributed by atoms with Gasteiger partial charge in [0.15, 0.2) is 0 Å². The SMILES string of the molecule is O=C(CN1CCCCC1)N(c1ccccc1)C1CCNCC1. The van der Waals surface area contributed by atoms with E-state index in [4.69, 9.17) is 0 Å². The summed E-state index contributed by atoms with van der Waals surface area (Å²) >= 11 is 0. The Hall–Kier alpha value is -1.39. The Bertz CT molecular complexity index is 464. The molecule has 4 heteroatoms. The van der Waals surface area contributed by atoms with Gasteiger partial charge in [0.2, 0.25) is 5.91 Å². The molecule has 1 aromatic rings. The van der Waals surface area contributed by atoms with Crippen LogP contribution in [0.5, 0.6) is 0 Å². The van der Waals surface area contributed by atoms with Gasteiger partial charge < -0.3 is 10.2 Å². The number of likely N-dealkylation sites (tertiary alicyclic amines) is 1. The van der Waals surface area contributed by atoms with Crippen molar-refractivity contribution < 1.29 is 4.79 Å². The zero-order valence-corrected chi connectivity index (χ0v) is 13.3. The molecule has 3 rings (SSSR count). The van der Waals surface area contributed by atoms with Crippen molar-refractivity contribution in [3.8, 4) is 0 Å². The maximum absolute atomic E-state index is 13.0. The van der Waals surface area contributed by atoms with Gasteiger partial charge in [0, 0.05) is 11.7 Å². The van der Waals surface area contributed by atoms with E-state index < -0.39 is 0 Å². The van der Waals surface area contributed by atoms with Crippen LogP contribution in [0.1, 0.15) is 32.1 Å². The second-order valence-electron chi connectivity index (χ2n) is 6.42. The molecule has 0 aromatic heterocycles. The first-order chi connectivity index (χ1) is 10.8. The van der Waals surface area contributed by atoms with E-state index >= 15 is 0 Å². The van der Waals surface area contributed by atoms with Crippen LogP contribution in [0.2, 0.25) is 0 Å². The van der Waals surface area contributed by atoms with Crippen LogP contribution in [0.25, 0.3) is 0 Å². The maximum Gasteiger partial charge on any atom is 0.241 e. The lowest BCUT2D eigenvalue weighted by molar-refractivity contribution is -0.120. The third-order valence-corrected chi connectivity index (χ3v) is 4.78. The molecule has 0 spiro atoms. The van der Waals surface area contributed by atoms with E-state index in [1.165, 1.54) is 19.3 Å². The number of nitrogens with zero attached hydrogens (tertiary/aromatic N) is 2. The van der Waals surface area contributed by atoms with Crippen LogP contribution in [0.15, 0.2) is 30.3 Å². The fraction of sp³-hybridized carbons (Fsp3) is 0.611. The number of amides is 1. The quantitative estimate of drug-likeness (QED) is 0.926. The standard InChI is InChI=1S/C18H27N3O/c22-18(15-20-13-5-2-6-14-20)21(16-7-3-1-4-8-16)17-9-11-19-12-10-17/h1,3-4,7-8,17,19H,2,5-6,9-15H2. The first kappa shape index (κ1) is 15.5. The number of hydrogen-bond donors (Lipinski definition) is 1. The summed E-state index contributed by atoms with van der Waals surface area (Å²) in [6.45, 7) is 4.72. The zero-order chi connectivity index (χ0) is 15.2. The molecule has 2 aliphatic rings. The summed E-state index contributed by atoms with van der Waals surface area (Å²) < 4.78 is 0. The highest BCUT2D eigenvalue weighted by molar-refractivity contribution is 5.95. The van der Waals surface area contributed by atoms with Crippen molar-refractivity contribution in [2.45, 2.75) is 38.1 Å². The van der Waals surface area contributed by atoms with E-state index in [2.05, 4.69) is 27.2 Å². The zero-order valence-electron chi connectivity index (χ0n) is 13.3. The highest BCUT2D eigenvalue weighted by atomic mass is 16.2. The Labute approximate surface area is 133 Å². The van der Waals surface area contributed by atoms with Crippen molar-refractivity contribution in [2.75, 3.05) is 37.6 Å². The van der Waals surface area contributed by atoms with Crippen LogP contribution in [0, 0.1) is 0 Å². The van der Waals surface area contributed by atoms with Crippen molar-refractivity contribution in [1.82, 2.24) is 10.2 Å². The number of benzene rings is 1. The van der Waals surface area contributed by atoms with Gasteiger partial charge in [-0.2, -0.15) is 0 Å². The molecular formula is C18H27N3O. The number of piperidine rings is 2. The predicted molar refractivity (Wildman–Crippen MR) is 90.1 cm³/mol. The molecule has 0 aliphatic carbocycles. The molecular weight excluding hydrogens is 274 g/mol. The smallest absolute Gasteiger partial charge is 0.241 e. The van der Waals surface area contributed by atoms with Crippen LogP contribution < -0.4 is 10.2 Å². The molecule has 1 N–H and O–H groups in total. The van der Waals surface area contributed by atoms with Crippen LogP contribution in [-0.4, -0.2) is 49.6 Å². The largest absolute Gasteiger partial charge is 0.317 e. The molecule has 0 radical (unpaired) electrons. The second-order valence-corrected chi connectivity index (χ2v) is 6.42. The molecule has 22 heavy (non-hydrogen) atoms. The minimum absolute atomic E-state index is 0.264. The van der Waals surface area contributed by atoms with Crippen molar-refractivity contribution >= 4 is 11.6 Å². The number of carbonyl (C=O) groups is 1. The van der Waals surface area contributed by atoms with E-state index in [1.54, 1.807) is 0 Å². The second kappa shape index (κ2) is 7.75. The first-order valence-corrected chi connectivity index (χ1v) is 8.65. The maximum atomic E-state index is 13.0. The van der Waals surface area contributed by atoms with Crippen LogP contribution >= 0.6 is 0 Å². The first-order valence-electron chi connectivity index (χ1n) is 8.65. The monoisotopic (exact) mass is 301 g/mol. The van der Waals surface area contributed by atoms with E-state index in [9.17, 15) is 4.79 Å². The van der Waals surface area contributed by atoms with E-state index in [0.717, 1.165) is 44.7 Å². The van der Waals surface area contributed by atoms with Gasteiger partial charge in [-0.1, -0.05) is 24.6 Å². The summed E-state index contributed by atoms with van der Waals surface area (Å²) in [6.07, 6.45) is 5.85. The third-order valence-electron chi connectivity index (χ3n) is 4.78. The van der Waals surface area contributed by atoms with Gasteiger partial charge in [-0.3, -0.25) is 9.69 Å². The lowest BCUT2D eigenvalue weighted by Gasteiger charge is -2.36. The third kappa shape index (κ3) is 3.87. The Morgan fingerprint density at radius 3 is 2.45 bits per heavy atom. The molecule has 1 amide bonds. The van der Waals surface area contributed by atoms with Gasteiger partial charge >= 0.3 is 0 Å². The summed E-state index contributed by atoms with van der Waals surface area (Å²) in [7, 11) is 0. The van der Waals surface area contributed by atoms with E-state index in [0.29, 0.717) is 12.6 Å². The Morgan fingerprint density at radius 1 is 1.09 bits per heavy atom. The molecule has 1 aromatic carbocycles. The summed E-state index contributed by atoms with van der Waals surface area (Å²) in [6, 6.07) is 10.5. The fourth-order valence-corrected chi connectivity index (χ4v) is 3.60. The van der Waals surface area contributed by atoms with Crippen LogP contribution in [0.4, 0.5) is 5.69 Å². The highest BCUT2D eigenvalue weighted by Crippen LogP contribution is 2.22. The average molecular weight is 301 g/mol. The van der Waals surface area contributed by atoms with Crippen molar-refractivity contribution in [2.24, 2.45) is 0 Å². The van der Waals surface area contributed by atoms with Gasteiger partial charge in [0.25, 0.3) is 0 Å². The Morgan fingerprint density at radius 2 is 1.77 bits per heavy atom. The van der Waals surface area contributed by atoms with Gasteiger partial charge in [0.1, 0.15) is 0 Å². The molecule has 120 valence electrons. The molecule has 0 atom stereocenters. The summed E-state index contributed by atoms with van der Waals surface area (Å²) in [5.74, 6) is 0.264. The number of hydrogen-bond acceptors (Lipinski definition) is 3. The molecule has 0 unspecified atom stereocenters. The van der Waals surface area contributed by atoms with Gasteiger partial charge in [-0.25, -0.2) is 0 Å². The molecule has 4 nitrogen and oxygen atoms in total. The number of carbonyl (C=O) groups excluding carboxylic acids is 1. The molecule has 2 heterocycles. The highest BCUT2D eigenvalue weighted by Gasteiger charge is 2.28. The van der Waals surface area contributed by atoms with E-state index in [-0.39, 0.29) is 5.91 Å². The topological polar surface area (TPSA) is 35.6 Å². The normalized spacial score (nSPS) is 20.7. The van der Waals surface area contributed by atoms with Crippen LogP contribution in [0.3, 0.4) is 0 Å². The Kier molecular flexibility index (Phi) is 5.46. The Balaban J connectivity index is 1.73. The van der Waals surface area contributed by atoms with Crippen molar-refractivity contribution in [1.29, 1.82) is 0 Å². The lowest BCUT2D eigenvalue weighted by atomic mass is 10.0. The lowest BCUT2D eigenvalue weighted by Crippen LogP contribution is -2.50. The van der Waals surface area contributed by atoms with Gasteiger partial charge in [-0.05, 0) is 64.0 Å². The summed E-state index contributed by atoms with van der Waals surface area (Å²) in [5, 5.41) is 3.39. The minimum atomic E-state index is 0.264. The van der Waals surface area contributed by atoms with E-state index in [1.807, 2.05) is 18.2 Å². The number of nitrogens with one attached hydrogen (secondary N) is 1. The molecule has 2 fully saturated rings. The molecule has 0 saturated carbocycles. The number of anilines is 1.